The highest BCUT2D eigenvalue weighted by Gasteiger charge is 2.54. The molecule has 4 heterocycles. The fraction of sp³-hybridized carbons (Fsp3) is 0.833. The molecule has 0 radical (unpaired) electrons. The number of rotatable bonds is 4. The highest BCUT2D eigenvalue weighted by atomic mass is 16.5. The van der Waals surface area contributed by atoms with Crippen LogP contribution in [0.15, 0.2) is 12.4 Å². The Hall–Kier alpha value is -1.24. The van der Waals surface area contributed by atoms with Crippen molar-refractivity contribution in [2.75, 3.05) is 45.2 Å². The summed E-state index contributed by atoms with van der Waals surface area (Å²) in [4.78, 5) is 17.4. The Morgan fingerprint density at radius 1 is 0.900 bits per heavy atom. The van der Waals surface area contributed by atoms with Crippen LogP contribution < -0.4 is 4.90 Å². The zero-order valence-electron chi connectivity index (χ0n) is 18.7. The quantitative estimate of drug-likeness (QED) is 0.759. The standard InChI is InChI=1S/C24H37N5O/c1-27-15-19-3-4-20(16-27)29(19)23-25-13-18(14-26-23)17-5-7-28(8-6-17)21-9-24(10-21)11-22(12-24)30-2/h13-14,17,19-22H,3-12,15-16H2,1-2H3/t19?,20?,21-,22-,24?. The van der Waals surface area contributed by atoms with Gasteiger partial charge >= 0.3 is 0 Å². The summed E-state index contributed by atoms with van der Waals surface area (Å²) < 4.78 is 5.50. The summed E-state index contributed by atoms with van der Waals surface area (Å²) in [6, 6.07) is 2.03. The molecule has 164 valence electrons. The summed E-state index contributed by atoms with van der Waals surface area (Å²) in [7, 11) is 4.11. The van der Waals surface area contributed by atoms with Gasteiger partial charge in [0.25, 0.3) is 0 Å². The highest BCUT2D eigenvalue weighted by molar-refractivity contribution is 5.38. The van der Waals surface area contributed by atoms with Crippen LogP contribution in [0.3, 0.4) is 0 Å². The first kappa shape index (κ1) is 19.4. The first-order chi connectivity index (χ1) is 14.6. The first-order valence-electron chi connectivity index (χ1n) is 12.2. The van der Waals surface area contributed by atoms with E-state index >= 15 is 0 Å². The molecule has 6 rings (SSSR count). The molecule has 2 bridgehead atoms. The van der Waals surface area contributed by atoms with Crippen LogP contribution in [0.25, 0.3) is 0 Å². The van der Waals surface area contributed by atoms with Crippen LogP contribution in [0.1, 0.15) is 62.8 Å². The Morgan fingerprint density at radius 3 is 2.13 bits per heavy atom. The second kappa shape index (κ2) is 7.42. The topological polar surface area (TPSA) is 44.7 Å². The Bertz CT molecular complexity index is 733. The molecular weight excluding hydrogens is 374 g/mol. The Morgan fingerprint density at radius 2 is 1.53 bits per heavy atom. The minimum Gasteiger partial charge on any atom is -0.381 e. The molecule has 1 spiro atoms. The third-order valence-electron chi connectivity index (χ3n) is 9.06. The van der Waals surface area contributed by atoms with E-state index in [2.05, 4.69) is 34.1 Å². The number of likely N-dealkylation sites (N-methyl/N-ethyl adjacent to an activating group) is 1. The lowest BCUT2D eigenvalue weighted by molar-refractivity contribution is -0.137. The molecule has 3 saturated heterocycles. The van der Waals surface area contributed by atoms with Crippen molar-refractivity contribution >= 4 is 5.95 Å². The largest absolute Gasteiger partial charge is 0.381 e. The Labute approximate surface area is 181 Å². The van der Waals surface area contributed by atoms with E-state index in [-0.39, 0.29) is 0 Å². The summed E-state index contributed by atoms with van der Waals surface area (Å²) in [5.74, 6) is 1.60. The van der Waals surface area contributed by atoms with Crippen molar-refractivity contribution in [1.82, 2.24) is 19.8 Å². The van der Waals surface area contributed by atoms with Crippen LogP contribution in [-0.2, 0) is 4.74 Å². The van der Waals surface area contributed by atoms with Gasteiger partial charge in [0, 0.05) is 50.7 Å². The lowest BCUT2D eigenvalue weighted by Crippen LogP contribution is -2.59. The number of nitrogens with zero attached hydrogens (tertiary/aromatic N) is 5. The van der Waals surface area contributed by atoms with Crippen LogP contribution in [0.4, 0.5) is 5.95 Å². The van der Waals surface area contributed by atoms with Gasteiger partial charge in [-0.1, -0.05) is 0 Å². The monoisotopic (exact) mass is 411 g/mol. The fourth-order valence-electron chi connectivity index (χ4n) is 7.32. The number of methoxy groups -OCH3 is 1. The van der Waals surface area contributed by atoms with Gasteiger partial charge in [-0.05, 0) is 88.4 Å². The van der Waals surface area contributed by atoms with Crippen molar-refractivity contribution in [1.29, 1.82) is 0 Å². The van der Waals surface area contributed by atoms with Gasteiger partial charge < -0.3 is 19.4 Å². The van der Waals surface area contributed by atoms with E-state index in [4.69, 9.17) is 14.7 Å². The zero-order chi connectivity index (χ0) is 20.3. The number of hydrogen-bond acceptors (Lipinski definition) is 6. The van der Waals surface area contributed by atoms with Gasteiger partial charge in [0.05, 0.1) is 6.10 Å². The number of anilines is 1. The lowest BCUT2D eigenvalue weighted by atomic mass is 9.52. The van der Waals surface area contributed by atoms with Crippen molar-refractivity contribution < 1.29 is 4.74 Å². The molecule has 2 aliphatic carbocycles. The van der Waals surface area contributed by atoms with E-state index < -0.39 is 0 Å². The molecule has 0 amide bonds. The van der Waals surface area contributed by atoms with Crippen LogP contribution in [0.5, 0.6) is 0 Å². The van der Waals surface area contributed by atoms with Gasteiger partial charge in [0.15, 0.2) is 0 Å². The van der Waals surface area contributed by atoms with E-state index in [0.29, 0.717) is 29.5 Å². The summed E-state index contributed by atoms with van der Waals surface area (Å²) in [5, 5.41) is 0. The minimum atomic E-state index is 0.542. The first-order valence-corrected chi connectivity index (χ1v) is 12.2. The number of fused-ring (bicyclic) bond motifs is 2. The second-order valence-corrected chi connectivity index (χ2v) is 11.0. The van der Waals surface area contributed by atoms with Gasteiger partial charge in [-0.15, -0.1) is 0 Å². The molecule has 6 nitrogen and oxygen atoms in total. The molecule has 3 aliphatic heterocycles. The smallest absolute Gasteiger partial charge is 0.225 e. The number of likely N-dealkylation sites (tertiary alicyclic amines) is 2. The Kier molecular flexibility index (Phi) is 4.81. The molecule has 2 saturated carbocycles. The predicted octanol–water partition coefficient (Wildman–Crippen LogP) is 2.90. The summed E-state index contributed by atoms with van der Waals surface area (Å²) >= 11 is 0. The molecule has 0 aromatic carbocycles. The van der Waals surface area contributed by atoms with Crippen molar-refractivity contribution in [3.05, 3.63) is 18.0 Å². The average molecular weight is 412 g/mol. The zero-order valence-corrected chi connectivity index (χ0v) is 18.7. The Balaban J connectivity index is 1.02. The van der Waals surface area contributed by atoms with Gasteiger partial charge in [-0.3, -0.25) is 0 Å². The summed E-state index contributed by atoms with van der Waals surface area (Å²) in [6.07, 6.45) is 15.3. The average Bonchev–Trinajstić information content (AvgIpc) is 2.98. The molecule has 1 aromatic rings. The maximum Gasteiger partial charge on any atom is 0.225 e. The predicted molar refractivity (Wildman–Crippen MR) is 118 cm³/mol. The van der Waals surface area contributed by atoms with Crippen molar-refractivity contribution in [3.8, 4) is 0 Å². The molecule has 2 unspecified atom stereocenters. The molecule has 5 aliphatic rings. The van der Waals surface area contributed by atoms with E-state index in [1.807, 2.05) is 7.11 Å². The third kappa shape index (κ3) is 3.26. The molecule has 1 aromatic heterocycles. The fourth-order valence-corrected chi connectivity index (χ4v) is 7.32. The van der Waals surface area contributed by atoms with Crippen LogP contribution >= 0.6 is 0 Å². The third-order valence-corrected chi connectivity index (χ3v) is 9.06. The van der Waals surface area contributed by atoms with Gasteiger partial charge in [-0.2, -0.15) is 0 Å². The lowest BCUT2D eigenvalue weighted by Gasteiger charge is -2.60. The molecule has 30 heavy (non-hydrogen) atoms. The van der Waals surface area contributed by atoms with Crippen LogP contribution in [-0.4, -0.2) is 84.3 Å². The minimum absolute atomic E-state index is 0.542. The van der Waals surface area contributed by atoms with Crippen LogP contribution in [0, 0.1) is 5.41 Å². The highest BCUT2D eigenvalue weighted by Crippen LogP contribution is 2.58. The molecule has 6 heteroatoms. The molecular formula is C24H37N5O. The molecule has 0 N–H and O–H groups in total. The maximum atomic E-state index is 5.50. The SMILES string of the molecule is CO[C@H]1CC2(C1)C[C@H](N1CCC(c3cnc(N4C5CCC4CN(C)C5)nc3)CC1)C2. The van der Waals surface area contributed by atoms with Crippen molar-refractivity contribution in [3.63, 3.8) is 0 Å². The summed E-state index contributed by atoms with van der Waals surface area (Å²) in [6.45, 7) is 4.77. The van der Waals surface area contributed by atoms with Crippen molar-refractivity contribution in [2.24, 2.45) is 5.41 Å². The number of piperidine rings is 1. The van der Waals surface area contributed by atoms with Gasteiger partial charge in [0.1, 0.15) is 0 Å². The van der Waals surface area contributed by atoms with Gasteiger partial charge in [0.2, 0.25) is 5.95 Å². The van der Waals surface area contributed by atoms with E-state index in [0.717, 1.165) is 25.1 Å². The summed E-state index contributed by atoms with van der Waals surface area (Å²) in [5.41, 5.74) is 2.00. The maximum absolute atomic E-state index is 5.50. The van der Waals surface area contributed by atoms with E-state index in [1.165, 1.54) is 70.0 Å². The number of aromatic nitrogens is 2. The van der Waals surface area contributed by atoms with E-state index in [9.17, 15) is 0 Å². The second-order valence-electron chi connectivity index (χ2n) is 11.0. The molecule has 5 fully saturated rings. The normalized spacial score (nSPS) is 39.9. The number of piperazine rings is 1. The number of ether oxygens (including phenoxy) is 1. The number of hydrogen-bond donors (Lipinski definition) is 0. The van der Waals surface area contributed by atoms with Crippen molar-refractivity contribution in [2.45, 2.75) is 81.5 Å². The molecule has 2 atom stereocenters. The van der Waals surface area contributed by atoms with E-state index in [1.54, 1.807) is 0 Å². The van der Waals surface area contributed by atoms with Crippen LogP contribution in [0.2, 0.25) is 0 Å². The van der Waals surface area contributed by atoms with Gasteiger partial charge in [-0.25, -0.2) is 9.97 Å².